The van der Waals surface area contributed by atoms with Crippen LogP contribution in [0, 0.1) is 41.4 Å². The topological polar surface area (TPSA) is 293 Å². The lowest BCUT2D eigenvalue weighted by Crippen LogP contribution is -2.63. The maximum absolute atomic E-state index is 15.2. The van der Waals surface area contributed by atoms with Crippen LogP contribution < -0.4 is 21.7 Å². The molecule has 1 rings (SSSR count). The largest absolute Gasteiger partial charge is 0.390 e. The highest BCUT2D eigenvalue weighted by atomic mass is 32.2. The van der Waals surface area contributed by atoms with Gasteiger partial charge in [-0.2, -0.15) is 0 Å². The van der Waals surface area contributed by atoms with Crippen LogP contribution in [0.1, 0.15) is 162 Å². The van der Waals surface area contributed by atoms with Gasteiger partial charge in [-0.3, -0.25) is 52.7 Å². The number of amides is 10. The number of hydrogen-bond acceptors (Lipinski definition) is 14. The number of carbonyl (C=O) groups is 11. The normalized spacial score (nSPS) is 15.7. The van der Waals surface area contributed by atoms with E-state index >= 15 is 14.4 Å². The molecule has 528 valence electrons. The van der Waals surface area contributed by atoms with Crippen molar-refractivity contribution < 1.29 is 57.8 Å². The van der Waals surface area contributed by atoms with Crippen molar-refractivity contribution >= 4 is 75.9 Å². The molecule has 12 atom stereocenters. The molecule has 0 spiro atoms. The number of hydrogen-bond donors (Lipinski definition) is 5. The highest BCUT2D eigenvalue weighted by Gasteiger charge is 2.45. The lowest BCUT2D eigenvalue weighted by molar-refractivity contribution is -0.157. The fraction of sp³-hybridized carbons (Fsp3) is 0.725. The third-order valence-corrected chi connectivity index (χ3v) is 18.1. The second-order valence-electron chi connectivity index (χ2n) is 27.7. The van der Waals surface area contributed by atoms with Gasteiger partial charge in [0.2, 0.25) is 64.2 Å². The van der Waals surface area contributed by atoms with Crippen LogP contribution in [-0.2, 0) is 58.5 Å². The molecule has 0 bridgehead atoms. The average Bonchev–Trinajstić information content (AvgIpc) is 0.832. The van der Waals surface area contributed by atoms with Crippen LogP contribution in [0.25, 0.3) is 0 Å². The molecule has 0 saturated carbocycles. The molecule has 0 saturated heterocycles. The first-order valence-corrected chi connectivity index (χ1v) is 34.1. The lowest BCUT2D eigenvalue weighted by atomic mass is 9.91. The molecule has 0 heterocycles. The van der Waals surface area contributed by atoms with Gasteiger partial charge in [0.1, 0.15) is 54.4 Å². The van der Waals surface area contributed by atoms with Crippen LogP contribution >= 0.6 is 11.8 Å². The Morgan fingerprint density at radius 1 is 0.505 bits per heavy atom. The molecule has 0 aliphatic rings. The van der Waals surface area contributed by atoms with Crippen molar-refractivity contribution in [3.63, 3.8) is 0 Å². The van der Waals surface area contributed by atoms with E-state index in [1.54, 1.807) is 54.5 Å². The van der Waals surface area contributed by atoms with Crippen LogP contribution in [0.5, 0.6) is 0 Å². The van der Waals surface area contributed by atoms with Gasteiger partial charge in [-0.1, -0.05) is 151 Å². The van der Waals surface area contributed by atoms with Crippen LogP contribution in [0.4, 0.5) is 0 Å². The van der Waals surface area contributed by atoms with E-state index in [2.05, 4.69) is 16.0 Å². The molecule has 0 radical (unpaired) electrons. The van der Waals surface area contributed by atoms with E-state index in [-0.39, 0.29) is 54.0 Å². The maximum Gasteiger partial charge on any atom is 0.246 e. The fourth-order valence-corrected chi connectivity index (χ4v) is 12.0. The Bertz CT molecular complexity index is 2660. The molecule has 0 fully saturated rings. The number of nitrogens with zero attached hydrogens (tertiary/aromatic N) is 7. The number of nitrogens with two attached hydrogens (primary N) is 1. The smallest absolute Gasteiger partial charge is 0.246 e. The molecule has 0 unspecified atom stereocenters. The van der Waals surface area contributed by atoms with Crippen molar-refractivity contribution in [2.45, 2.75) is 229 Å². The van der Waals surface area contributed by atoms with E-state index in [1.807, 2.05) is 91.8 Å². The van der Waals surface area contributed by atoms with E-state index < -0.39 is 144 Å². The Morgan fingerprint density at radius 2 is 0.957 bits per heavy atom. The third kappa shape index (κ3) is 25.7. The van der Waals surface area contributed by atoms with Gasteiger partial charge >= 0.3 is 0 Å². The van der Waals surface area contributed by atoms with E-state index in [0.29, 0.717) is 25.0 Å². The summed E-state index contributed by atoms with van der Waals surface area (Å²) in [5.41, 5.74) is 7.12. The van der Waals surface area contributed by atoms with Crippen molar-refractivity contribution in [2.24, 2.45) is 47.2 Å². The first kappa shape index (κ1) is 84.6. The summed E-state index contributed by atoms with van der Waals surface area (Å²) in [5.74, 6) is -7.43. The zero-order valence-electron chi connectivity index (χ0n) is 60.6. The minimum Gasteiger partial charge on any atom is -0.390 e. The predicted octanol–water partition coefficient (Wildman–Crippen LogP) is 5.56. The monoisotopic (exact) mass is 1330 g/mol. The highest BCUT2D eigenvalue weighted by Crippen LogP contribution is 2.26. The first-order chi connectivity index (χ1) is 43.1. The Hall–Kier alpha value is -6.40. The number of thioether (sulfide) groups is 1. The van der Waals surface area contributed by atoms with Crippen molar-refractivity contribution in [2.75, 3.05) is 55.9 Å². The standard InChI is InChI=1S/C69H119N11O12S/c1-25-27-31-46(15)59(82)58(62(85)73-50(26-2)64(87)74(18)38-55(81)75(19)54(37-43(9)10)69(92)93-39-49-32-29-28-30-33-49)80(24)68(91)57(45(13)14)79(23)66(89)53(36-42(7)8)78(22)65(88)52(35-41(5)6)77(21)63(86)48(17)72-60(83)47(16)71-61(84)51(34-40(3)4)76(20)67(90)56(70)44(11)12/h25,27-30,32-33,40-48,50-54,56-59,82H,26,31,34-39,70H2,1-24H3,(H,71,84)(H,72,83)(H,73,85)/b27-25+/t46-,47+,48-,50+,51+,52+,53+,54+,56+,57+,58+,59-/m1/s1. The van der Waals surface area contributed by atoms with Gasteiger partial charge in [-0.25, -0.2) is 0 Å². The summed E-state index contributed by atoms with van der Waals surface area (Å²) < 4.78 is 0. The number of nitrogens with one attached hydrogen (secondary N) is 3. The summed E-state index contributed by atoms with van der Waals surface area (Å²) in [5, 5.41) is 20.1. The molecule has 10 amide bonds. The van der Waals surface area contributed by atoms with Gasteiger partial charge < -0.3 is 61.1 Å². The van der Waals surface area contributed by atoms with E-state index in [0.717, 1.165) is 22.2 Å². The SMILES string of the molecule is C/C=C/C[C@@H](C)[C@@H](O)[C@@H](C(=O)N[C@@H](CC)C(=O)N(C)CC(=O)N(C)[C@@H](CC(C)C)C(=O)SCc1ccccc1)N(C)C(=O)[C@H](C(C)C)N(C)C(=O)[C@H](CC(C)C)N(C)C(=O)[C@H](CC(C)C)N(C)C(=O)[C@@H](C)NC(=O)[C@H](C)NC(=O)[C@H](CC(C)C)N(C)C(=O)[C@@H](N)C(C)C. The van der Waals surface area contributed by atoms with Gasteiger partial charge in [0.25, 0.3) is 0 Å². The molecule has 1 aromatic rings. The highest BCUT2D eigenvalue weighted by molar-refractivity contribution is 8.13. The van der Waals surface area contributed by atoms with Crippen molar-refractivity contribution in [3.8, 4) is 0 Å². The second kappa shape index (κ2) is 40.1. The van der Waals surface area contributed by atoms with E-state index in [4.69, 9.17) is 5.73 Å². The first-order valence-electron chi connectivity index (χ1n) is 33.1. The van der Waals surface area contributed by atoms with Gasteiger partial charge in [0, 0.05) is 55.1 Å². The van der Waals surface area contributed by atoms with E-state index in [9.17, 15) is 43.5 Å². The zero-order chi connectivity index (χ0) is 71.8. The van der Waals surface area contributed by atoms with Gasteiger partial charge in [0.15, 0.2) is 0 Å². The molecule has 0 aliphatic carbocycles. The summed E-state index contributed by atoms with van der Waals surface area (Å²) in [4.78, 5) is 166. The van der Waals surface area contributed by atoms with Crippen molar-refractivity contribution in [1.29, 1.82) is 0 Å². The molecule has 23 nitrogen and oxygen atoms in total. The molecule has 93 heavy (non-hydrogen) atoms. The van der Waals surface area contributed by atoms with Crippen LogP contribution in [0.2, 0.25) is 0 Å². The quantitative estimate of drug-likeness (QED) is 0.0507. The zero-order valence-corrected chi connectivity index (χ0v) is 61.5. The molecular weight excluding hydrogens is 1210 g/mol. The summed E-state index contributed by atoms with van der Waals surface area (Å²) in [6.45, 7) is 30.0. The molecule has 0 aromatic heterocycles. The number of allylic oxidation sites excluding steroid dienone is 2. The summed E-state index contributed by atoms with van der Waals surface area (Å²) in [6, 6.07) is -1.79. The predicted molar refractivity (Wildman–Crippen MR) is 367 cm³/mol. The number of benzene rings is 1. The minimum absolute atomic E-state index is 0.00124. The molecule has 1 aromatic carbocycles. The second-order valence-corrected chi connectivity index (χ2v) is 28.7. The Labute approximate surface area is 561 Å². The Balaban J connectivity index is 3.62. The molecule has 0 aliphatic heterocycles. The Morgan fingerprint density at radius 3 is 1.43 bits per heavy atom. The van der Waals surface area contributed by atoms with Crippen LogP contribution in [0.3, 0.4) is 0 Å². The number of aliphatic hydroxyl groups is 1. The van der Waals surface area contributed by atoms with E-state index in [1.165, 1.54) is 92.6 Å². The number of likely N-dealkylation sites (N-methyl/N-ethyl adjacent to an activating group) is 7. The number of aliphatic hydroxyl groups excluding tert-OH is 1. The van der Waals surface area contributed by atoms with Crippen LogP contribution in [0.15, 0.2) is 42.5 Å². The Kier molecular flexibility index (Phi) is 36.5. The lowest BCUT2D eigenvalue weighted by Gasteiger charge is -2.41. The van der Waals surface area contributed by atoms with Gasteiger partial charge in [0.05, 0.1) is 18.7 Å². The molecular formula is C69H119N11O12S. The minimum atomic E-state index is -1.60. The van der Waals surface area contributed by atoms with Gasteiger partial charge in [-0.15, -0.1) is 0 Å². The molecule has 6 N–H and O–H groups in total. The molecule has 24 heteroatoms. The average molecular weight is 1330 g/mol. The third-order valence-electron chi connectivity index (χ3n) is 17.0. The fourth-order valence-electron chi connectivity index (χ4n) is 11.0. The summed E-state index contributed by atoms with van der Waals surface area (Å²) in [6.07, 6.45) is 3.46. The summed E-state index contributed by atoms with van der Waals surface area (Å²) >= 11 is 1.12. The maximum atomic E-state index is 15.2. The van der Waals surface area contributed by atoms with Crippen molar-refractivity contribution in [3.05, 3.63) is 48.0 Å². The van der Waals surface area contributed by atoms with Crippen LogP contribution in [-0.4, -0.2) is 226 Å². The van der Waals surface area contributed by atoms with Crippen molar-refractivity contribution in [1.82, 2.24) is 50.2 Å². The number of rotatable bonds is 38. The summed E-state index contributed by atoms with van der Waals surface area (Å²) in [7, 11) is 10.2. The van der Waals surface area contributed by atoms with Gasteiger partial charge in [-0.05, 0) is 106 Å². The number of carbonyl (C=O) groups excluding carboxylic acids is 11.